The maximum absolute atomic E-state index is 13.8. The highest BCUT2D eigenvalue weighted by molar-refractivity contribution is 7.90. The topological polar surface area (TPSA) is 69.3 Å². The van der Waals surface area contributed by atoms with Crippen LogP contribution in [0.15, 0.2) is 38.4 Å². The molecule has 1 aromatic heterocycles. The Morgan fingerprint density at radius 2 is 1.33 bits per heavy atom. The van der Waals surface area contributed by atoms with Crippen molar-refractivity contribution in [3.63, 3.8) is 0 Å². The zero-order valence-electron chi connectivity index (χ0n) is 11.2. The first-order chi connectivity index (χ1) is 11.2. The minimum Gasteiger partial charge on any atom is -0.407 e. The molecule has 0 aliphatic carbocycles. The first-order valence-corrected chi connectivity index (χ1v) is 7.49. The Morgan fingerprint density at radius 3 is 1.92 bits per heavy atom. The van der Waals surface area contributed by atoms with Crippen molar-refractivity contribution in [1.82, 2.24) is 3.97 Å². The lowest BCUT2D eigenvalue weighted by Crippen LogP contribution is -2.26. The van der Waals surface area contributed by atoms with E-state index in [4.69, 9.17) is 0 Å². The van der Waals surface area contributed by atoms with E-state index in [1.54, 1.807) is 0 Å². The normalized spacial score (nSPS) is 12.0. The number of rotatable bonds is 2. The highest BCUT2D eigenvalue weighted by Gasteiger charge is 2.36. The Morgan fingerprint density at radius 1 is 0.833 bits per heavy atom. The van der Waals surface area contributed by atoms with E-state index in [1.165, 1.54) is 18.2 Å². The Balaban J connectivity index is 2.46. The molecule has 24 heavy (non-hydrogen) atoms. The predicted molar refractivity (Wildman–Crippen MR) is 69.3 cm³/mol. The molecule has 0 unspecified atom stereocenters. The van der Waals surface area contributed by atoms with E-state index in [9.17, 15) is 35.2 Å². The largest absolute Gasteiger partial charge is 0.434 e. The van der Waals surface area contributed by atoms with Gasteiger partial charge in [-0.1, -0.05) is 12.1 Å². The van der Waals surface area contributed by atoms with Gasteiger partial charge < -0.3 is 4.42 Å². The zero-order chi connectivity index (χ0) is 17.8. The Hall–Kier alpha value is -2.69. The maximum Gasteiger partial charge on any atom is 0.434 e. The van der Waals surface area contributed by atoms with Crippen LogP contribution in [0.25, 0.3) is 11.1 Å². The molecule has 0 fully saturated rings. The molecule has 11 heteroatoms. The van der Waals surface area contributed by atoms with Crippen LogP contribution in [0.1, 0.15) is 0 Å². The van der Waals surface area contributed by atoms with Crippen LogP contribution in [0.5, 0.6) is 0 Å². The smallest absolute Gasteiger partial charge is 0.407 e. The molecular formula is C13H4F5NO4S. The lowest BCUT2D eigenvalue weighted by molar-refractivity contribution is 0.357. The van der Waals surface area contributed by atoms with Crippen molar-refractivity contribution in [2.75, 3.05) is 0 Å². The summed E-state index contributed by atoms with van der Waals surface area (Å²) < 4.78 is 96.2. The van der Waals surface area contributed by atoms with E-state index in [0.29, 0.717) is 0 Å². The first-order valence-electron chi connectivity index (χ1n) is 6.05. The first kappa shape index (κ1) is 16.2. The summed E-state index contributed by atoms with van der Waals surface area (Å²) in [5.74, 6) is -14.2. The van der Waals surface area contributed by atoms with Crippen LogP contribution in [0.4, 0.5) is 22.0 Å². The van der Waals surface area contributed by atoms with E-state index in [2.05, 4.69) is 4.42 Å². The molecule has 0 saturated heterocycles. The van der Waals surface area contributed by atoms with E-state index >= 15 is 0 Å². The van der Waals surface area contributed by atoms with Crippen molar-refractivity contribution in [3.05, 3.63) is 63.9 Å². The van der Waals surface area contributed by atoms with Crippen LogP contribution in [0, 0.1) is 29.1 Å². The van der Waals surface area contributed by atoms with Crippen molar-refractivity contribution >= 4 is 21.1 Å². The summed E-state index contributed by atoms with van der Waals surface area (Å²) in [5.41, 5.74) is -0.679. The van der Waals surface area contributed by atoms with Gasteiger partial charge in [0.1, 0.15) is 5.52 Å². The molecule has 2 aromatic carbocycles. The zero-order valence-corrected chi connectivity index (χ0v) is 12.0. The average Bonchev–Trinajstić information content (AvgIpc) is 2.87. The van der Waals surface area contributed by atoms with Crippen LogP contribution in [0.3, 0.4) is 0 Å². The monoisotopic (exact) mass is 365 g/mol. The van der Waals surface area contributed by atoms with Crippen LogP contribution < -0.4 is 5.76 Å². The maximum atomic E-state index is 13.8. The third-order valence-corrected chi connectivity index (χ3v) is 4.82. The molecule has 1 heterocycles. The quantitative estimate of drug-likeness (QED) is 0.398. The summed E-state index contributed by atoms with van der Waals surface area (Å²) in [6.45, 7) is 0. The summed E-state index contributed by atoms with van der Waals surface area (Å²) in [6, 6.07) is 4.90. The number of aromatic nitrogens is 1. The number of nitrogens with zero attached hydrogens (tertiary/aromatic N) is 1. The SMILES string of the molecule is O=c1oc2ccccc2n1S(=O)(=O)c1c(F)c(F)c(F)c(F)c1F. The van der Waals surface area contributed by atoms with Gasteiger partial charge in [-0.05, 0) is 12.1 Å². The molecule has 0 saturated carbocycles. The van der Waals surface area contributed by atoms with Crippen LogP contribution in [-0.4, -0.2) is 12.4 Å². The molecule has 0 N–H and O–H groups in total. The second-order valence-electron chi connectivity index (χ2n) is 4.50. The van der Waals surface area contributed by atoms with E-state index in [1.807, 2.05) is 0 Å². The molecule has 0 aliphatic heterocycles. The molecule has 3 rings (SSSR count). The molecular weight excluding hydrogens is 361 g/mol. The standard InChI is InChI=1S/C13H4F5NO4S/c14-7-8(15)10(17)12(11(18)9(7)16)24(21,22)19-5-3-1-2-4-6(5)23-13(19)20/h1-4H. The van der Waals surface area contributed by atoms with Gasteiger partial charge in [0.05, 0.1) is 0 Å². The molecule has 5 nitrogen and oxygen atoms in total. The van der Waals surface area contributed by atoms with Gasteiger partial charge in [-0.15, -0.1) is 0 Å². The molecule has 3 aromatic rings. The number of halogens is 5. The minimum atomic E-state index is -5.46. The average molecular weight is 365 g/mol. The molecule has 0 atom stereocenters. The summed E-state index contributed by atoms with van der Waals surface area (Å²) in [5, 5.41) is 0. The van der Waals surface area contributed by atoms with Gasteiger partial charge in [0.2, 0.25) is 5.82 Å². The van der Waals surface area contributed by atoms with Crippen molar-refractivity contribution in [2.24, 2.45) is 0 Å². The van der Waals surface area contributed by atoms with Crippen LogP contribution in [0.2, 0.25) is 0 Å². The van der Waals surface area contributed by atoms with Gasteiger partial charge in [0.15, 0.2) is 33.7 Å². The van der Waals surface area contributed by atoms with E-state index < -0.39 is 55.3 Å². The van der Waals surface area contributed by atoms with Gasteiger partial charge in [0, 0.05) is 0 Å². The third kappa shape index (κ3) is 2.04. The van der Waals surface area contributed by atoms with Crippen LogP contribution >= 0.6 is 0 Å². The molecule has 0 radical (unpaired) electrons. The number of hydrogen-bond acceptors (Lipinski definition) is 4. The molecule has 0 spiro atoms. The molecule has 0 bridgehead atoms. The van der Waals surface area contributed by atoms with Crippen LogP contribution in [-0.2, 0) is 10.0 Å². The number of hydrogen-bond donors (Lipinski definition) is 0. The molecule has 0 aliphatic rings. The number of para-hydroxylation sites is 2. The minimum absolute atomic E-state index is 0.180. The van der Waals surface area contributed by atoms with Crippen molar-refractivity contribution < 1.29 is 34.8 Å². The Labute approximate surface area is 129 Å². The summed E-state index contributed by atoms with van der Waals surface area (Å²) in [6.07, 6.45) is 0. The predicted octanol–water partition coefficient (Wildman–Crippen LogP) is 2.53. The van der Waals surface area contributed by atoms with Gasteiger partial charge in [-0.3, -0.25) is 0 Å². The van der Waals surface area contributed by atoms with Gasteiger partial charge >= 0.3 is 5.76 Å². The fraction of sp³-hybridized carbons (Fsp3) is 0. The highest BCUT2D eigenvalue weighted by Crippen LogP contribution is 2.29. The van der Waals surface area contributed by atoms with Crippen molar-refractivity contribution in [3.8, 4) is 0 Å². The van der Waals surface area contributed by atoms with Gasteiger partial charge in [-0.2, -0.15) is 3.97 Å². The molecule has 0 amide bonds. The van der Waals surface area contributed by atoms with Gasteiger partial charge in [-0.25, -0.2) is 35.2 Å². The Bertz CT molecular complexity index is 1120. The van der Waals surface area contributed by atoms with E-state index in [-0.39, 0.29) is 9.56 Å². The third-order valence-electron chi connectivity index (χ3n) is 3.11. The number of benzene rings is 2. The highest BCUT2D eigenvalue weighted by atomic mass is 32.2. The lowest BCUT2D eigenvalue weighted by Gasteiger charge is -2.09. The summed E-state index contributed by atoms with van der Waals surface area (Å²) >= 11 is 0. The Kier molecular flexibility index (Phi) is 3.48. The second-order valence-corrected chi connectivity index (χ2v) is 6.23. The summed E-state index contributed by atoms with van der Waals surface area (Å²) in [7, 11) is -5.46. The van der Waals surface area contributed by atoms with E-state index in [0.717, 1.165) is 6.07 Å². The number of fused-ring (bicyclic) bond motifs is 1. The van der Waals surface area contributed by atoms with Gasteiger partial charge in [0.25, 0.3) is 10.0 Å². The molecule has 126 valence electrons. The van der Waals surface area contributed by atoms with Crippen molar-refractivity contribution in [1.29, 1.82) is 0 Å². The summed E-state index contributed by atoms with van der Waals surface area (Å²) in [4.78, 5) is 9.58. The number of oxazole rings is 1. The fourth-order valence-electron chi connectivity index (χ4n) is 2.08. The lowest BCUT2D eigenvalue weighted by atomic mass is 10.3. The van der Waals surface area contributed by atoms with Crippen molar-refractivity contribution in [2.45, 2.75) is 4.90 Å². The fourth-order valence-corrected chi connectivity index (χ4v) is 3.53. The second kappa shape index (κ2) is 5.16.